The van der Waals surface area contributed by atoms with Crippen LogP contribution in [-0.4, -0.2) is 60.2 Å². The van der Waals surface area contributed by atoms with E-state index in [1.807, 2.05) is 17.8 Å². The zero-order chi connectivity index (χ0) is 20.3. The van der Waals surface area contributed by atoms with Crippen LogP contribution in [-0.2, 0) is 16.6 Å². The van der Waals surface area contributed by atoms with Crippen LogP contribution in [0.3, 0.4) is 0 Å². The summed E-state index contributed by atoms with van der Waals surface area (Å²) in [5, 5.41) is 10.4. The fourth-order valence-corrected chi connectivity index (χ4v) is 7.18. The molecule has 2 fully saturated rings. The predicted molar refractivity (Wildman–Crippen MR) is 114 cm³/mol. The van der Waals surface area contributed by atoms with E-state index in [-0.39, 0.29) is 21.7 Å². The number of nitrogens with zero attached hydrogens (tertiary/aromatic N) is 4. The van der Waals surface area contributed by atoms with E-state index in [4.69, 9.17) is 0 Å². The van der Waals surface area contributed by atoms with Gasteiger partial charge in [0.05, 0.1) is 25.1 Å². The number of hydrogen-bond acceptors (Lipinski definition) is 5. The number of rotatable bonds is 5. The second kappa shape index (κ2) is 7.41. The van der Waals surface area contributed by atoms with E-state index in [1.54, 1.807) is 46.2 Å². The summed E-state index contributed by atoms with van der Waals surface area (Å²) >= 11 is 3.53. The number of imidazole rings is 1. The Hall–Kier alpha value is -0.910. The Morgan fingerprint density at radius 3 is 2.75 bits per heavy atom. The molecule has 2 saturated heterocycles. The number of allylic oxidation sites excluding steroid dienone is 1. The predicted octanol–water partition coefficient (Wildman–Crippen LogP) is 1.28. The van der Waals surface area contributed by atoms with Crippen LogP contribution in [0.4, 0.5) is 0 Å². The van der Waals surface area contributed by atoms with E-state index in [1.165, 1.54) is 0 Å². The molecule has 3 aliphatic rings. The second-order valence-corrected chi connectivity index (χ2v) is 10.5. The Kier molecular flexibility index (Phi) is 5.39. The van der Waals surface area contributed by atoms with Gasteiger partial charge in [-0.05, 0) is 14.0 Å². The molecule has 1 N–H and O–H groups in total. The molecule has 1 aromatic rings. The molecular formula is C19H26IN4O3S+. The standard InChI is InChI=1S/C19H26IN4O3S/c1-10-15-14(11(2)25)19(27)24(15)16(18(20)26)17(10)28-12-7-13(22(4)8-12)23-6-5-21(3)9-23/h5-6,9-15,25H,7-8H2,1-4H3/q+1/t10-,11-,12+,13+,14-,15-/m1/s1. The Morgan fingerprint density at radius 1 is 1.46 bits per heavy atom. The molecule has 0 radical (unpaired) electrons. The summed E-state index contributed by atoms with van der Waals surface area (Å²) in [6, 6.07) is -0.0952. The van der Waals surface area contributed by atoms with E-state index >= 15 is 0 Å². The van der Waals surface area contributed by atoms with E-state index in [2.05, 4.69) is 36.0 Å². The number of amides is 1. The summed E-state index contributed by atoms with van der Waals surface area (Å²) < 4.78 is 4.17. The van der Waals surface area contributed by atoms with Gasteiger partial charge >= 0.3 is 0 Å². The number of aliphatic hydroxyl groups is 1. The zero-order valence-electron chi connectivity index (χ0n) is 16.4. The Bertz CT molecular complexity index is 854. The fourth-order valence-electron chi connectivity index (χ4n) is 4.85. The van der Waals surface area contributed by atoms with Crippen molar-refractivity contribution in [2.75, 3.05) is 13.6 Å². The molecule has 28 heavy (non-hydrogen) atoms. The van der Waals surface area contributed by atoms with Gasteiger partial charge in [0.15, 0.2) is 6.17 Å². The molecular weight excluding hydrogens is 491 g/mol. The monoisotopic (exact) mass is 517 g/mol. The number of hydrogen-bond donors (Lipinski definition) is 1. The SMILES string of the molecule is C[C@@H](O)[C@H]1C(=O)N2C(C(=O)I)=C(S[C@H]3C[C@H](n4cc[n+](C)c4)N(C)C3)[C@H](C)[C@H]12. The van der Waals surface area contributed by atoms with Gasteiger partial charge in [0, 0.05) is 51.6 Å². The van der Waals surface area contributed by atoms with Crippen LogP contribution in [0, 0.1) is 11.8 Å². The van der Waals surface area contributed by atoms with Gasteiger partial charge in [0.25, 0.3) is 0 Å². The largest absolute Gasteiger partial charge is 0.393 e. The van der Waals surface area contributed by atoms with E-state index in [0.29, 0.717) is 17.1 Å². The minimum Gasteiger partial charge on any atom is -0.393 e. The highest BCUT2D eigenvalue weighted by atomic mass is 127. The number of carbonyl (C=O) groups is 2. The summed E-state index contributed by atoms with van der Waals surface area (Å²) in [5.41, 5.74) is 0.545. The second-order valence-electron chi connectivity index (χ2n) is 8.16. The lowest BCUT2D eigenvalue weighted by Crippen LogP contribution is -2.63. The number of carbonyl (C=O) groups excluding carboxylic acids is 2. The summed E-state index contributed by atoms with van der Waals surface area (Å²) in [4.78, 5) is 29.9. The third kappa shape index (κ3) is 3.14. The summed E-state index contributed by atoms with van der Waals surface area (Å²) in [5.74, 6) is -0.453. The molecule has 1 amide bonds. The topological polar surface area (TPSA) is 69.7 Å². The van der Waals surface area contributed by atoms with Crippen molar-refractivity contribution in [3.63, 3.8) is 0 Å². The third-order valence-electron chi connectivity index (χ3n) is 6.20. The number of halogens is 1. The van der Waals surface area contributed by atoms with E-state index in [9.17, 15) is 14.7 Å². The summed E-state index contributed by atoms with van der Waals surface area (Å²) in [6.45, 7) is 4.67. The van der Waals surface area contributed by atoms with Gasteiger partial charge in [-0.2, -0.15) is 0 Å². The van der Waals surface area contributed by atoms with Gasteiger partial charge in [0.2, 0.25) is 16.0 Å². The number of β-lactam (4-membered cyclic amide) rings is 1. The van der Waals surface area contributed by atoms with Crippen molar-refractivity contribution in [1.82, 2.24) is 14.4 Å². The molecule has 3 aliphatic heterocycles. The highest BCUT2D eigenvalue weighted by Crippen LogP contribution is 2.53. The van der Waals surface area contributed by atoms with E-state index < -0.39 is 12.0 Å². The van der Waals surface area contributed by atoms with Gasteiger partial charge in [-0.1, -0.05) is 6.92 Å². The summed E-state index contributed by atoms with van der Waals surface area (Å²) in [7, 11) is 4.14. The third-order valence-corrected chi connectivity index (χ3v) is 8.20. The lowest BCUT2D eigenvalue weighted by atomic mass is 9.79. The quantitative estimate of drug-likeness (QED) is 0.276. The number of aryl methyl sites for hydroxylation is 1. The van der Waals surface area contributed by atoms with Gasteiger partial charge in [-0.25, -0.2) is 9.13 Å². The van der Waals surface area contributed by atoms with Crippen molar-refractivity contribution in [2.24, 2.45) is 18.9 Å². The van der Waals surface area contributed by atoms with Crippen LogP contribution in [0.5, 0.6) is 0 Å². The molecule has 7 nitrogen and oxygen atoms in total. The maximum absolute atomic E-state index is 12.6. The molecule has 4 rings (SSSR count). The van der Waals surface area contributed by atoms with Crippen LogP contribution in [0.15, 0.2) is 29.3 Å². The molecule has 1 aromatic heterocycles. The minimum atomic E-state index is -0.692. The molecule has 9 heteroatoms. The van der Waals surface area contributed by atoms with Gasteiger partial charge < -0.3 is 10.0 Å². The van der Waals surface area contributed by atoms with Crippen LogP contribution in [0.2, 0.25) is 0 Å². The Balaban J connectivity index is 1.56. The van der Waals surface area contributed by atoms with Crippen molar-refractivity contribution >= 4 is 44.0 Å². The molecule has 0 saturated carbocycles. The Labute approximate surface area is 182 Å². The molecule has 152 valence electrons. The first-order valence-corrected chi connectivity index (χ1v) is 11.5. The maximum Gasteiger partial charge on any atom is 0.244 e. The Morgan fingerprint density at radius 2 is 2.18 bits per heavy atom. The van der Waals surface area contributed by atoms with Crippen molar-refractivity contribution in [3.05, 3.63) is 29.3 Å². The first-order valence-electron chi connectivity index (χ1n) is 9.55. The highest BCUT2D eigenvalue weighted by molar-refractivity contribution is 14.1. The first kappa shape index (κ1) is 20.4. The number of aliphatic hydroxyl groups excluding tert-OH is 1. The number of likely N-dealkylation sites (tertiary alicyclic amines) is 1. The minimum absolute atomic E-state index is 0.0738. The lowest BCUT2D eigenvalue weighted by Gasteiger charge is -2.46. The van der Waals surface area contributed by atoms with Gasteiger partial charge in [0.1, 0.15) is 18.1 Å². The van der Waals surface area contributed by atoms with Crippen LogP contribution in [0.25, 0.3) is 0 Å². The smallest absolute Gasteiger partial charge is 0.244 e. The first-order chi connectivity index (χ1) is 13.2. The van der Waals surface area contributed by atoms with Crippen molar-refractivity contribution in [3.8, 4) is 0 Å². The van der Waals surface area contributed by atoms with Crippen molar-refractivity contribution < 1.29 is 19.3 Å². The molecule has 0 aromatic carbocycles. The number of aromatic nitrogens is 2. The van der Waals surface area contributed by atoms with Crippen molar-refractivity contribution in [2.45, 2.75) is 43.8 Å². The van der Waals surface area contributed by atoms with Crippen LogP contribution in [0.1, 0.15) is 26.4 Å². The summed E-state index contributed by atoms with van der Waals surface area (Å²) in [6.07, 6.45) is 6.79. The average Bonchev–Trinajstić information content (AvgIpc) is 3.24. The zero-order valence-corrected chi connectivity index (χ0v) is 19.4. The molecule has 4 heterocycles. The van der Waals surface area contributed by atoms with Crippen LogP contribution >= 0.6 is 34.4 Å². The molecule has 0 aliphatic carbocycles. The average molecular weight is 517 g/mol. The maximum atomic E-state index is 12.6. The fraction of sp³-hybridized carbons (Fsp3) is 0.632. The number of fused-ring (bicyclic) bond motifs is 1. The molecule has 0 bridgehead atoms. The van der Waals surface area contributed by atoms with Gasteiger partial charge in [-0.15, -0.1) is 11.8 Å². The molecule has 0 spiro atoms. The molecule has 6 atom stereocenters. The number of thioether (sulfide) groups is 1. The molecule has 0 unspecified atom stereocenters. The van der Waals surface area contributed by atoms with Crippen LogP contribution < -0.4 is 4.57 Å². The van der Waals surface area contributed by atoms with Gasteiger partial charge in [-0.3, -0.25) is 14.5 Å². The normalized spacial score (nSPS) is 34.0. The van der Waals surface area contributed by atoms with E-state index in [0.717, 1.165) is 17.9 Å². The van der Waals surface area contributed by atoms with Crippen molar-refractivity contribution in [1.29, 1.82) is 0 Å². The highest BCUT2D eigenvalue weighted by Gasteiger charge is 2.59. The lowest BCUT2D eigenvalue weighted by molar-refractivity contribution is -0.671.